The zero-order chi connectivity index (χ0) is 19.2. The molecule has 2 aromatic carbocycles. The average Bonchev–Trinajstić information content (AvgIpc) is 3.15. The Kier molecular flexibility index (Phi) is 5.47. The zero-order valence-electron chi connectivity index (χ0n) is 14.7. The number of carboxylic acid groups (broad SMARTS) is 1. The lowest BCUT2D eigenvalue weighted by atomic mass is 10.0. The quantitative estimate of drug-likeness (QED) is 0.515. The Hall–Kier alpha value is -3.67. The van der Waals surface area contributed by atoms with Crippen LogP contribution in [0.15, 0.2) is 67.0 Å². The van der Waals surface area contributed by atoms with Gasteiger partial charge in [-0.1, -0.05) is 18.2 Å². The molecular formula is C21H18N2O4. The normalized spacial score (nSPS) is 10.9. The number of carbonyl (C=O) groups excluding carboxylic acids is 1. The maximum atomic E-state index is 12.4. The van der Waals surface area contributed by atoms with E-state index in [2.05, 4.69) is 5.10 Å². The van der Waals surface area contributed by atoms with Crippen molar-refractivity contribution in [2.45, 2.75) is 6.42 Å². The predicted molar refractivity (Wildman–Crippen MR) is 101 cm³/mol. The summed E-state index contributed by atoms with van der Waals surface area (Å²) in [5.41, 5.74) is 2.57. The lowest BCUT2D eigenvalue weighted by molar-refractivity contribution is -0.136. The average molecular weight is 362 g/mol. The van der Waals surface area contributed by atoms with Crippen LogP contribution in [0.1, 0.15) is 21.5 Å². The second-order valence-corrected chi connectivity index (χ2v) is 5.85. The third-order valence-electron chi connectivity index (χ3n) is 3.96. The van der Waals surface area contributed by atoms with Crippen molar-refractivity contribution in [3.8, 4) is 11.4 Å². The summed E-state index contributed by atoms with van der Waals surface area (Å²) < 4.78 is 6.88. The Morgan fingerprint density at radius 1 is 1.19 bits per heavy atom. The van der Waals surface area contributed by atoms with Crippen molar-refractivity contribution in [1.29, 1.82) is 0 Å². The SMILES string of the molecule is COc1ccc(C(=O)C=Cc2cnn(-c3ccccc3)c2)cc1CC(=O)O. The molecule has 6 nitrogen and oxygen atoms in total. The molecular weight excluding hydrogens is 344 g/mol. The van der Waals surface area contributed by atoms with Gasteiger partial charge >= 0.3 is 5.97 Å². The van der Waals surface area contributed by atoms with Crippen LogP contribution in [0.4, 0.5) is 0 Å². The number of aromatic nitrogens is 2. The molecule has 0 bridgehead atoms. The summed E-state index contributed by atoms with van der Waals surface area (Å²) >= 11 is 0. The number of benzene rings is 2. The molecule has 0 atom stereocenters. The van der Waals surface area contributed by atoms with Gasteiger partial charge in [-0.2, -0.15) is 5.10 Å². The van der Waals surface area contributed by atoms with E-state index >= 15 is 0 Å². The van der Waals surface area contributed by atoms with Crippen molar-refractivity contribution in [3.05, 3.63) is 83.7 Å². The van der Waals surface area contributed by atoms with E-state index in [4.69, 9.17) is 9.84 Å². The second kappa shape index (κ2) is 8.14. The number of carbonyl (C=O) groups is 2. The Balaban J connectivity index is 1.77. The van der Waals surface area contributed by atoms with E-state index in [1.165, 1.54) is 13.2 Å². The number of carboxylic acids is 1. The molecule has 136 valence electrons. The molecule has 1 aromatic heterocycles. The lowest BCUT2D eigenvalue weighted by Crippen LogP contribution is -2.04. The van der Waals surface area contributed by atoms with E-state index in [-0.39, 0.29) is 12.2 Å². The van der Waals surface area contributed by atoms with Crippen LogP contribution in [0.25, 0.3) is 11.8 Å². The highest BCUT2D eigenvalue weighted by Gasteiger charge is 2.11. The van der Waals surface area contributed by atoms with E-state index < -0.39 is 5.97 Å². The smallest absolute Gasteiger partial charge is 0.307 e. The molecule has 0 spiro atoms. The maximum Gasteiger partial charge on any atom is 0.307 e. The first-order chi connectivity index (χ1) is 13.1. The predicted octanol–water partition coefficient (Wildman–Crippen LogP) is 3.40. The third-order valence-corrected chi connectivity index (χ3v) is 3.96. The largest absolute Gasteiger partial charge is 0.496 e. The van der Waals surface area contributed by atoms with E-state index in [1.54, 1.807) is 35.2 Å². The monoisotopic (exact) mass is 362 g/mol. The molecule has 6 heteroatoms. The minimum Gasteiger partial charge on any atom is -0.496 e. The second-order valence-electron chi connectivity index (χ2n) is 5.85. The fourth-order valence-corrected chi connectivity index (χ4v) is 2.65. The highest BCUT2D eigenvalue weighted by Crippen LogP contribution is 2.21. The van der Waals surface area contributed by atoms with Crippen molar-refractivity contribution in [2.24, 2.45) is 0 Å². The van der Waals surface area contributed by atoms with Crippen LogP contribution < -0.4 is 4.74 Å². The van der Waals surface area contributed by atoms with E-state index in [0.29, 0.717) is 16.9 Å². The first-order valence-electron chi connectivity index (χ1n) is 8.28. The summed E-state index contributed by atoms with van der Waals surface area (Å²) in [5.74, 6) is -0.763. The molecule has 0 aliphatic carbocycles. The van der Waals surface area contributed by atoms with Gasteiger partial charge in [0.15, 0.2) is 5.78 Å². The van der Waals surface area contributed by atoms with Crippen molar-refractivity contribution >= 4 is 17.8 Å². The summed E-state index contributed by atoms with van der Waals surface area (Å²) in [5, 5.41) is 13.3. The van der Waals surface area contributed by atoms with Crippen LogP contribution in [0, 0.1) is 0 Å². The van der Waals surface area contributed by atoms with Crippen LogP contribution in [-0.2, 0) is 11.2 Å². The first-order valence-corrected chi connectivity index (χ1v) is 8.28. The lowest BCUT2D eigenvalue weighted by Gasteiger charge is -2.07. The number of hydrogen-bond donors (Lipinski definition) is 1. The minimum atomic E-state index is -0.984. The Bertz CT molecular complexity index is 990. The standard InChI is InChI=1S/C21H18N2O4/c1-27-20-10-8-16(11-17(20)12-21(25)26)19(24)9-7-15-13-22-23(14-15)18-5-3-2-4-6-18/h2-11,13-14H,12H2,1H3,(H,25,26). The van der Waals surface area contributed by atoms with Gasteiger partial charge in [0, 0.05) is 22.9 Å². The molecule has 27 heavy (non-hydrogen) atoms. The number of rotatable bonds is 7. The van der Waals surface area contributed by atoms with Crippen LogP contribution in [0.2, 0.25) is 0 Å². The van der Waals surface area contributed by atoms with E-state index in [0.717, 1.165) is 11.3 Å². The van der Waals surface area contributed by atoms with E-state index in [9.17, 15) is 9.59 Å². The van der Waals surface area contributed by atoms with Crippen LogP contribution >= 0.6 is 0 Å². The van der Waals surface area contributed by atoms with Crippen LogP contribution in [-0.4, -0.2) is 33.7 Å². The van der Waals surface area contributed by atoms with Crippen molar-refractivity contribution in [1.82, 2.24) is 9.78 Å². The molecule has 0 amide bonds. The number of allylic oxidation sites excluding steroid dienone is 1. The fourth-order valence-electron chi connectivity index (χ4n) is 2.65. The Morgan fingerprint density at radius 3 is 2.67 bits per heavy atom. The molecule has 0 unspecified atom stereocenters. The summed E-state index contributed by atoms with van der Waals surface area (Å²) in [7, 11) is 1.46. The van der Waals surface area contributed by atoms with Gasteiger partial charge in [-0.05, 0) is 42.5 Å². The van der Waals surface area contributed by atoms with Gasteiger partial charge in [0.2, 0.25) is 0 Å². The zero-order valence-corrected chi connectivity index (χ0v) is 14.7. The Morgan fingerprint density at radius 2 is 1.96 bits per heavy atom. The van der Waals surface area contributed by atoms with Crippen molar-refractivity contribution in [2.75, 3.05) is 7.11 Å². The highest BCUT2D eigenvalue weighted by atomic mass is 16.5. The molecule has 0 aliphatic rings. The van der Waals surface area contributed by atoms with Gasteiger partial charge in [0.1, 0.15) is 5.75 Å². The number of aliphatic carboxylic acids is 1. The molecule has 3 aromatic rings. The molecule has 0 radical (unpaired) electrons. The number of ketones is 1. The third kappa shape index (κ3) is 4.49. The number of ether oxygens (including phenoxy) is 1. The molecule has 1 heterocycles. The van der Waals surface area contributed by atoms with Gasteiger partial charge < -0.3 is 9.84 Å². The molecule has 0 saturated carbocycles. The van der Waals surface area contributed by atoms with Crippen LogP contribution in [0.3, 0.4) is 0 Å². The summed E-state index contributed by atoms with van der Waals surface area (Å²) in [6, 6.07) is 14.4. The summed E-state index contributed by atoms with van der Waals surface area (Å²) in [6.45, 7) is 0. The molecule has 0 saturated heterocycles. The number of methoxy groups -OCH3 is 1. The molecule has 0 aliphatic heterocycles. The molecule has 3 rings (SSSR count). The number of hydrogen-bond acceptors (Lipinski definition) is 4. The van der Waals surface area contributed by atoms with Crippen molar-refractivity contribution < 1.29 is 19.4 Å². The Labute approximate surface area is 156 Å². The van der Waals surface area contributed by atoms with Gasteiger partial charge in [-0.15, -0.1) is 0 Å². The van der Waals surface area contributed by atoms with Gasteiger partial charge in [-0.25, -0.2) is 4.68 Å². The maximum absolute atomic E-state index is 12.4. The molecule has 1 N–H and O–H groups in total. The van der Waals surface area contributed by atoms with Gasteiger partial charge in [0.05, 0.1) is 25.4 Å². The van der Waals surface area contributed by atoms with Gasteiger partial charge in [0.25, 0.3) is 0 Å². The highest BCUT2D eigenvalue weighted by molar-refractivity contribution is 6.07. The molecule has 0 fully saturated rings. The van der Waals surface area contributed by atoms with E-state index in [1.807, 2.05) is 36.5 Å². The van der Waals surface area contributed by atoms with Crippen molar-refractivity contribution in [3.63, 3.8) is 0 Å². The van der Waals surface area contributed by atoms with Crippen LogP contribution in [0.5, 0.6) is 5.75 Å². The number of nitrogens with zero attached hydrogens (tertiary/aromatic N) is 2. The number of para-hydroxylation sites is 1. The topological polar surface area (TPSA) is 81.4 Å². The summed E-state index contributed by atoms with van der Waals surface area (Å²) in [4.78, 5) is 23.4. The van der Waals surface area contributed by atoms with Gasteiger partial charge in [-0.3, -0.25) is 9.59 Å². The first kappa shape index (κ1) is 18.1. The fraction of sp³-hybridized carbons (Fsp3) is 0.0952. The summed E-state index contributed by atoms with van der Waals surface area (Å²) in [6.07, 6.45) is 6.40. The minimum absolute atomic E-state index is 0.210.